The molecule has 1 aromatic heterocycles. The molecule has 0 fully saturated rings. The number of alkyl halides is 3. The van der Waals surface area contributed by atoms with Crippen LogP contribution in [0.2, 0.25) is 15.1 Å². The van der Waals surface area contributed by atoms with Crippen molar-refractivity contribution in [2.75, 3.05) is 0 Å². The number of aromatic nitrogens is 1. The summed E-state index contributed by atoms with van der Waals surface area (Å²) >= 11 is 17.1. The fraction of sp³-hybridized carbons (Fsp3) is 0.133. The Balaban J connectivity index is 2.10. The van der Waals surface area contributed by atoms with Crippen LogP contribution < -0.4 is 16.4 Å². The van der Waals surface area contributed by atoms with E-state index in [0.29, 0.717) is 16.8 Å². The summed E-state index contributed by atoms with van der Waals surface area (Å²) in [4.78, 5) is 35.6. The predicted molar refractivity (Wildman–Crippen MR) is 92.8 cm³/mol. The second-order valence-electron chi connectivity index (χ2n) is 5.13. The highest BCUT2D eigenvalue weighted by molar-refractivity contribution is 6.35. The molecule has 0 aliphatic carbocycles. The van der Waals surface area contributed by atoms with E-state index in [0.717, 1.165) is 0 Å². The number of benzene rings is 1. The van der Waals surface area contributed by atoms with Gasteiger partial charge in [-0.3, -0.25) is 25.2 Å². The zero-order valence-corrected chi connectivity index (χ0v) is 15.3. The number of amides is 2. The Hall–Kier alpha value is -2.23. The van der Waals surface area contributed by atoms with Gasteiger partial charge in [0, 0.05) is 11.2 Å². The first kappa shape index (κ1) is 21.1. The van der Waals surface area contributed by atoms with Crippen molar-refractivity contribution < 1.29 is 22.8 Å². The van der Waals surface area contributed by atoms with Crippen molar-refractivity contribution in [2.24, 2.45) is 0 Å². The van der Waals surface area contributed by atoms with Crippen LogP contribution in [0.4, 0.5) is 13.2 Å². The van der Waals surface area contributed by atoms with Gasteiger partial charge in [-0.05, 0) is 24.3 Å². The van der Waals surface area contributed by atoms with Crippen molar-refractivity contribution in [1.29, 1.82) is 0 Å². The Bertz CT molecular complexity index is 961. The lowest BCUT2D eigenvalue weighted by Gasteiger charge is -2.12. The summed E-state index contributed by atoms with van der Waals surface area (Å²) in [6.07, 6.45) is -4.31. The maximum absolute atomic E-state index is 12.8. The number of carbonyl (C=O) groups excluding carboxylic acids is 2. The zero-order valence-electron chi connectivity index (χ0n) is 13.0. The Morgan fingerprint density at radius 3 is 2.33 bits per heavy atom. The summed E-state index contributed by atoms with van der Waals surface area (Å²) in [7, 11) is 0. The third-order valence-electron chi connectivity index (χ3n) is 3.17. The molecule has 2 aromatic rings. The van der Waals surface area contributed by atoms with Gasteiger partial charge in [-0.2, -0.15) is 13.2 Å². The number of hydrogen-bond donors (Lipinski definition) is 2. The predicted octanol–water partition coefficient (Wildman–Crippen LogP) is 3.29. The molecule has 0 saturated carbocycles. The second kappa shape index (κ2) is 8.20. The molecule has 1 aromatic carbocycles. The highest BCUT2D eigenvalue weighted by Crippen LogP contribution is 2.29. The fourth-order valence-electron chi connectivity index (χ4n) is 1.93. The SMILES string of the molecule is O=C(Cn1cc(C(F)(F)F)cc(Cl)c1=O)NNC(=O)c1cc(Cl)ccc1Cl. The summed E-state index contributed by atoms with van der Waals surface area (Å²) in [6.45, 7) is -0.813. The molecule has 2 amide bonds. The van der Waals surface area contributed by atoms with Crippen LogP contribution in [0.5, 0.6) is 0 Å². The van der Waals surface area contributed by atoms with Crippen LogP contribution in [-0.4, -0.2) is 16.4 Å². The quantitative estimate of drug-likeness (QED) is 0.716. The number of rotatable bonds is 3. The first-order valence-corrected chi connectivity index (χ1v) is 8.14. The third-order valence-corrected chi connectivity index (χ3v) is 4.01. The lowest BCUT2D eigenvalue weighted by molar-refractivity contribution is -0.138. The summed E-state index contributed by atoms with van der Waals surface area (Å²) in [5.74, 6) is -1.79. The van der Waals surface area contributed by atoms with E-state index in [1.807, 2.05) is 10.9 Å². The van der Waals surface area contributed by atoms with Crippen molar-refractivity contribution >= 4 is 46.6 Å². The minimum absolute atomic E-state index is 0.0382. The third kappa shape index (κ3) is 5.38. The lowest BCUT2D eigenvalue weighted by atomic mass is 10.2. The average Bonchev–Trinajstić information content (AvgIpc) is 2.57. The van der Waals surface area contributed by atoms with Gasteiger partial charge in [-0.15, -0.1) is 0 Å². The number of carbonyl (C=O) groups is 2. The summed E-state index contributed by atoms with van der Waals surface area (Å²) in [5, 5.41) is -0.416. The Morgan fingerprint density at radius 1 is 1.04 bits per heavy atom. The molecule has 0 aliphatic heterocycles. The summed E-state index contributed by atoms with van der Waals surface area (Å²) in [6, 6.07) is 4.53. The summed E-state index contributed by atoms with van der Waals surface area (Å²) in [5.41, 5.74) is 1.74. The highest BCUT2D eigenvalue weighted by Gasteiger charge is 2.32. The van der Waals surface area contributed by atoms with Crippen molar-refractivity contribution in [3.8, 4) is 0 Å². The molecule has 2 rings (SSSR count). The lowest BCUT2D eigenvalue weighted by Crippen LogP contribution is -2.44. The Morgan fingerprint density at radius 2 is 1.70 bits per heavy atom. The minimum atomic E-state index is -4.76. The minimum Gasteiger partial charge on any atom is -0.304 e. The molecule has 0 radical (unpaired) electrons. The first-order valence-electron chi connectivity index (χ1n) is 7.00. The molecule has 0 saturated heterocycles. The van der Waals surface area contributed by atoms with Crippen molar-refractivity contribution in [1.82, 2.24) is 15.4 Å². The van der Waals surface area contributed by atoms with E-state index < -0.39 is 40.7 Å². The van der Waals surface area contributed by atoms with Gasteiger partial charge in [0.05, 0.1) is 16.1 Å². The second-order valence-corrected chi connectivity index (χ2v) is 6.38. The molecule has 0 spiro atoms. The van der Waals surface area contributed by atoms with E-state index in [-0.39, 0.29) is 15.6 Å². The van der Waals surface area contributed by atoms with Gasteiger partial charge in [0.15, 0.2) is 0 Å². The highest BCUT2D eigenvalue weighted by atomic mass is 35.5. The fourth-order valence-corrected chi connectivity index (χ4v) is 2.53. The van der Waals surface area contributed by atoms with Crippen molar-refractivity contribution in [2.45, 2.75) is 12.7 Å². The average molecular weight is 443 g/mol. The molecule has 0 aliphatic rings. The van der Waals surface area contributed by atoms with E-state index in [4.69, 9.17) is 34.8 Å². The number of nitrogens with zero attached hydrogens (tertiary/aromatic N) is 1. The van der Waals surface area contributed by atoms with Gasteiger partial charge in [0.25, 0.3) is 17.4 Å². The Kier molecular flexibility index (Phi) is 6.40. The molecule has 2 N–H and O–H groups in total. The largest absolute Gasteiger partial charge is 0.417 e. The maximum atomic E-state index is 12.8. The Labute approximate surface area is 164 Å². The maximum Gasteiger partial charge on any atom is 0.417 e. The smallest absolute Gasteiger partial charge is 0.304 e. The van der Waals surface area contributed by atoms with Crippen LogP contribution in [0.1, 0.15) is 15.9 Å². The van der Waals surface area contributed by atoms with E-state index in [2.05, 4.69) is 0 Å². The van der Waals surface area contributed by atoms with Gasteiger partial charge in [-0.25, -0.2) is 0 Å². The molecule has 27 heavy (non-hydrogen) atoms. The van der Waals surface area contributed by atoms with E-state index in [1.54, 1.807) is 0 Å². The molecule has 1 heterocycles. The molecule has 0 atom stereocenters. The monoisotopic (exact) mass is 441 g/mol. The van der Waals surface area contributed by atoms with Gasteiger partial charge in [0.2, 0.25) is 0 Å². The molecular weight excluding hydrogens is 434 g/mol. The summed E-state index contributed by atoms with van der Waals surface area (Å²) < 4.78 is 38.8. The van der Waals surface area contributed by atoms with Crippen LogP contribution in [0.3, 0.4) is 0 Å². The van der Waals surface area contributed by atoms with Gasteiger partial charge < -0.3 is 4.57 Å². The number of halogens is 6. The van der Waals surface area contributed by atoms with Gasteiger partial charge in [0.1, 0.15) is 11.6 Å². The van der Waals surface area contributed by atoms with Crippen molar-refractivity contribution in [3.63, 3.8) is 0 Å². The van der Waals surface area contributed by atoms with Crippen molar-refractivity contribution in [3.05, 3.63) is 67.0 Å². The molecule has 6 nitrogen and oxygen atoms in total. The number of hydrazine groups is 1. The molecule has 0 unspecified atom stereocenters. The van der Waals surface area contributed by atoms with Crippen LogP contribution in [0.25, 0.3) is 0 Å². The van der Waals surface area contributed by atoms with Gasteiger partial charge in [-0.1, -0.05) is 34.8 Å². The van der Waals surface area contributed by atoms with E-state index >= 15 is 0 Å². The molecular formula is C15H9Cl3F3N3O3. The van der Waals surface area contributed by atoms with Crippen LogP contribution in [0, 0.1) is 0 Å². The van der Waals surface area contributed by atoms with E-state index in [9.17, 15) is 27.6 Å². The number of nitrogens with one attached hydrogen (secondary N) is 2. The first-order chi connectivity index (χ1) is 12.5. The van der Waals surface area contributed by atoms with Crippen LogP contribution in [-0.2, 0) is 17.5 Å². The van der Waals surface area contributed by atoms with Gasteiger partial charge >= 0.3 is 6.18 Å². The number of hydrogen-bond acceptors (Lipinski definition) is 3. The normalized spacial score (nSPS) is 11.2. The topological polar surface area (TPSA) is 80.2 Å². The standard InChI is InChI=1S/C15H9Cl3F3N3O3/c16-8-1-2-10(17)9(4-8)13(26)23-22-12(25)6-24-5-7(15(19,20)21)3-11(18)14(24)27/h1-5H,6H2,(H,22,25)(H,23,26). The van der Waals surface area contributed by atoms with Crippen LogP contribution in [0.15, 0.2) is 35.3 Å². The van der Waals surface area contributed by atoms with E-state index in [1.165, 1.54) is 18.2 Å². The molecule has 144 valence electrons. The molecule has 0 bridgehead atoms. The van der Waals surface area contributed by atoms with Crippen LogP contribution >= 0.6 is 34.8 Å². The number of pyridine rings is 1. The molecule has 12 heteroatoms. The zero-order chi connectivity index (χ0) is 20.4.